The summed E-state index contributed by atoms with van der Waals surface area (Å²) in [7, 11) is 0. The van der Waals surface area contributed by atoms with E-state index in [2.05, 4.69) is 0 Å². The predicted octanol–water partition coefficient (Wildman–Crippen LogP) is 4.52. The molecule has 1 aromatic rings. The highest BCUT2D eigenvalue weighted by molar-refractivity contribution is 5.38. The van der Waals surface area contributed by atoms with Gasteiger partial charge in [0.05, 0.1) is 11.1 Å². The summed E-state index contributed by atoms with van der Waals surface area (Å²) in [5, 5.41) is 0. The molecular weight excluding hydrogens is 317 g/mol. The minimum Gasteiger partial charge on any atom is -0.324 e. The van der Waals surface area contributed by atoms with Crippen LogP contribution < -0.4 is 5.73 Å². The second kappa shape index (κ2) is 5.74. The van der Waals surface area contributed by atoms with Crippen LogP contribution in [0.2, 0.25) is 0 Å². The van der Waals surface area contributed by atoms with E-state index in [1.807, 2.05) is 0 Å². The first-order chi connectivity index (χ1) is 9.34. The van der Waals surface area contributed by atoms with Crippen molar-refractivity contribution in [3.8, 4) is 0 Å². The third kappa shape index (κ3) is 4.26. The molecule has 0 unspecified atom stereocenters. The summed E-state index contributed by atoms with van der Waals surface area (Å²) in [6.45, 7) is 0. The molecule has 10 heteroatoms. The van der Waals surface area contributed by atoms with Crippen molar-refractivity contribution in [1.29, 1.82) is 0 Å². The maximum atomic E-state index is 13.5. The zero-order valence-electron chi connectivity index (χ0n) is 10.00. The molecule has 0 radical (unpaired) electrons. The van der Waals surface area contributed by atoms with E-state index < -0.39 is 53.7 Å². The Bertz CT molecular complexity index is 504. The highest BCUT2D eigenvalue weighted by Crippen LogP contribution is 2.40. The van der Waals surface area contributed by atoms with Crippen molar-refractivity contribution in [1.82, 2.24) is 0 Å². The van der Waals surface area contributed by atoms with Crippen molar-refractivity contribution in [2.45, 2.75) is 31.2 Å². The molecule has 21 heavy (non-hydrogen) atoms. The average molecular weight is 325 g/mol. The minimum absolute atomic E-state index is 0.199. The second-order valence-corrected chi connectivity index (χ2v) is 4.15. The Labute approximate surface area is 112 Å². The zero-order chi connectivity index (χ0) is 16.6. The van der Waals surface area contributed by atoms with Gasteiger partial charge in [0.15, 0.2) is 0 Å². The Morgan fingerprint density at radius 2 is 1.48 bits per heavy atom. The molecule has 0 aliphatic heterocycles. The Kier molecular flexibility index (Phi) is 4.81. The van der Waals surface area contributed by atoms with Gasteiger partial charge < -0.3 is 5.73 Å². The fraction of sp³-hybridized carbons (Fsp3) is 0.455. The van der Waals surface area contributed by atoms with E-state index in [0.717, 1.165) is 0 Å². The van der Waals surface area contributed by atoms with Crippen LogP contribution in [0.3, 0.4) is 0 Å². The summed E-state index contributed by atoms with van der Waals surface area (Å²) in [5.41, 5.74) is -0.240. The van der Waals surface area contributed by atoms with Gasteiger partial charge in [-0.15, -0.1) is 0 Å². The van der Waals surface area contributed by atoms with Crippen molar-refractivity contribution in [3.63, 3.8) is 0 Å². The Morgan fingerprint density at radius 3 is 1.86 bits per heavy atom. The van der Waals surface area contributed by atoms with E-state index in [9.17, 15) is 39.5 Å². The monoisotopic (exact) mass is 325 g/mol. The molecule has 2 N–H and O–H groups in total. The smallest absolute Gasteiger partial charge is 0.324 e. The number of alkyl halides is 8. The summed E-state index contributed by atoms with van der Waals surface area (Å²) in [5.74, 6) is -1.93. The molecule has 0 saturated heterocycles. The summed E-state index contributed by atoms with van der Waals surface area (Å²) in [6.07, 6.45) is -15.0. The van der Waals surface area contributed by atoms with E-state index in [1.54, 1.807) is 0 Å². The standard InChI is InChI=1S/C11H8F9N/c12-6-2-4(10(15,16)17)1-5(11(18,19)20)9(6)7(21)3-8(13)14/h1-2,7-8H,3,21H2/t7-/m0/s1. The van der Waals surface area contributed by atoms with E-state index >= 15 is 0 Å². The Hall–Kier alpha value is -1.45. The normalized spacial score (nSPS) is 14.6. The number of hydrogen-bond acceptors (Lipinski definition) is 1. The lowest BCUT2D eigenvalue weighted by molar-refractivity contribution is -0.144. The van der Waals surface area contributed by atoms with Gasteiger partial charge in [-0.25, -0.2) is 13.2 Å². The van der Waals surface area contributed by atoms with Crippen LogP contribution in [-0.2, 0) is 12.4 Å². The molecule has 1 rings (SSSR count). The van der Waals surface area contributed by atoms with E-state index in [0.29, 0.717) is 0 Å². The summed E-state index contributed by atoms with van der Waals surface area (Å²) in [4.78, 5) is 0. The average Bonchev–Trinajstić information content (AvgIpc) is 2.23. The first-order valence-electron chi connectivity index (χ1n) is 5.35. The van der Waals surface area contributed by atoms with Crippen molar-refractivity contribution >= 4 is 0 Å². The molecule has 1 nitrogen and oxygen atoms in total. The first kappa shape index (κ1) is 17.6. The van der Waals surface area contributed by atoms with Gasteiger partial charge in [-0.2, -0.15) is 26.3 Å². The van der Waals surface area contributed by atoms with Crippen LogP contribution >= 0.6 is 0 Å². The Balaban J connectivity index is 3.50. The molecule has 0 fully saturated rings. The maximum absolute atomic E-state index is 13.5. The van der Waals surface area contributed by atoms with Crippen LogP contribution in [-0.4, -0.2) is 6.43 Å². The molecule has 0 amide bonds. The van der Waals surface area contributed by atoms with Crippen LogP contribution in [0.15, 0.2) is 12.1 Å². The fourth-order valence-corrected chi connectivity index (χ4v) is 1.70. The van der Waals surface area contributed by atoms with E-state index in [1.165, 1.54) is 0 Å². The fourth-order valence-electron chi connectivity index (χ4n) is 1.70. The van der Waals surface area contributed by atoms with Crippen LogP contribution in [0.1, 0.15) is 29.2 Å². The number of halogens is 9. The van der Waals surface area contributed by atoms with Crippen molar-refractivity contribution in [2.75, 3.05) is 0 Å². The van der Waals surface area contributed by atoms with Crippen LogP contribution in [0.5, 0.6) is 0 Å². The quantitative estimate of drug-likeness (QED) is 0.813. The SMILES string of the molecule is N[C@@H](CC(F)F)c1c(F)cc(C(F)(F)F)cc1C(F)(F)F. The molecule has 0 aliphatic carbocycles. The molecule has 0 saturated carbocycles. The van der Waals surface area contributed by atoms with Gasteiger partial charge in [0.1, 0.15) is 5.82 Å². The number of benzene rings is 1. The first-order valence-corrected chi connectivity index (χ1v) is 5.35. The van der Waals surface area contributed by atoms with Gasteiger partial charge >= 0.3 is 12.4 Å². The van der Waals surface area contributed by atoms with Crippen molar-refractivity contribution < 1.29 is 39.5 Å². The topological polar surface area (TPSA) is 26.0 Å². The maximum Gasteiger partial charge on any atom is 0.416 e. The highest BCUT2D eigenvalue weighted by Gasteiger charge is 2.41. The third-order valence-corrected chi connectivity index (χ3v) is 2.57. The number of rotatable bonds is 3. The molecule has 1 atom stereocenters. The zero-order valence-corrected chi connectivity index (χ0v) is 10.00. The minimum atomic E-state index is -5.36. The number of nitrogens with two attached hydrogens (primary N) is 1. The van der Waals surface area contributed by atoms with Gasteiger partial charge in [-0.05, 0) is 12.1 Å². The molecule has 0 bridgehead atoms. The van der Waals surface area contributed by atoms with Gasteiger partial charge in [-0.3, -0.25) is 0 Å². The molecule has 120 valence electrons. The van der Waals surface area contributed by atoms with Crippen LogP contribution in [0.4, 0.5) is 39.5 Å². The summed E-state index contributed by atoms with van der Waals surface area (Å²) >= 11 is 0. The largest absolute Gasteiger partial charge is 0.416 e. The van der Waals surface area contributed by atoms with Gasteiger partial charge in [0.2, 0.25) is 6.43 Å². The van der Waals surface area contributed by atoms with Gasteiger partial charge in [0, 0.05) is 18.0 Å². The Morgan fingerprint density at radius 1 is 0.952 bits per heavy atom. The van der Waals surface area contributed by atoms with Crippen LogP contribution in [0, 0.1) is 5.82 Å². The molecule has 0 aromatic heterocycles. The van der Waals surface area contributed by atoms with Crippen LogP contribution in [0.25, 0.3) is 0 Å². The lowest BCUT2D eigenvalue weighted by Crippen LogP contribution is -2.22. The molecule has 0 aliphatic rings. The predicted molar refractivity (Wildman–Crippen MR) is 54.0 cm³/mol. The molecule has 1 aromatic carbocycles. The lowest BCUT2D eigenvalue weighted by atomic mass is 9.95. The van der Waals surface area contributed by atoms with Gasteiger partial charge in [0.25, 0.3) is 0 Å². The van der Waals surface area contributed by atoms with Crippen molar-refractivity contribution in [2.24, 2.45) is 5.73 Å². The van der Waals surface area contributed by atoms with Gasteiger partial charge in [-0.1, -0.05) is 0 Å². The number of hydrogen-bond donors (Lipinski definition) is 1. The molecular formula is C11H8F9N. The van der Waals surface area contributed by atoms with E-state index in [4.69, 9.17) is 5.73 Å². The second-order valence-electron chi connectivity index (χ2n) is 4.15. The molecule has 0 heterocycles. The summed E-state index contributed by atoms with van der Waals surface area (Å²) < 4.78 is 113. The highest BCUT2D eigenvalue weighted by atomic mass is 19.4. The summed E-state index contributed by atoms with van der Waals surface area (Å²) in [6, 6.07) is -2.62. The lowest BCUT2D eigenvalue weighted by Gasteiger charge is -2.20. The van der Waals surface area contributed by atoms with Crippen molar-refractivity contribution in [3.05, 3.63) is 34.6 Å². The van der Waals surface area contributed by atoms with E-state index in [-0.39, 0.29) is 12.1 Å². The third-order valence-electron chi connectivity index (χ3n) is 2.57. The molecule has 0 spiro atoms.